The highest BCUT2D eigenvalue weighted by atomic mass is 19.1. The minimum atomic E-state index is -0.747. The van der Waals surface area contributed by atoms with Gasteiger partial charge in [-0.05, 0) is 43.5 Å². The summed E-state index contributed by atoms with van der Waals surface area (Å²) in [7, 11) is 1.61. The van der Waals surface area contributed by atoms with Crippen LogP contribution in [0.5, 0.6) is 0 Å². The number of methoxy groups -OCH3 is 1. The van der Waals surface area contributed by atoms with Gasteiger partial charge in [0.25, 0.3) is 0 Å². The largest absolute Gasteiger partial charge is 0.385 e. The second-order valence-electron chi connectivity index (χ2n) is 10.8. The first-order chi connectivity index (χ1) is 19.7. The predicted molar refractivity (Wildman–Crippen MR) is 154 cm³/mol. The number of carbonyl (C=O) groups is 2. The van der Waals surface area contributed by atoms with Crippen molar-refractivity contribution in [1.82, 2.24) is 30.1 Å². The number of amides is 2. The molecular formula is C31H39FN6O3. The van der Waals surface area contributed by atoms with Crippen LogP contribution in [0.4, 0.5) is 4.39 Å². The Hall–Kier alpha value is -3.76. The monoisotopic (exact) mass is 562 g/mol. The number of nitrogens with one attached hydrogen (secondary N) is 1. The van der Waals surface area contributed by atoms with Gasteiger partial charge in [-0.1, -0.05) is 38.1 Å². The minimum absolute atomic E-state index is 0.0854. The third kappa shape index (κ3) is 7.12. The molecule has 1 N–H and O–H groups in total. The third-order valence-electron chi connectivity index (χ3n) is 7.47. The van der Waals surface area contributed by atoms with Gasteiger partial charge in [-0.25, -0.2) is 14.4 Å². The molecule has 41 heavy (non-hydrogen) atoms. The topological polar surface area (TPSA) is 101 Å². The number of aromatic nitrogens is 3. The molecule has 0 aliphatic carbocycles. The molecule has 9 nitrogen and oxygen atoms in total. The normalized spacial score (nSPS) is 18.4. The molecule has 2 amide bonds. The number of aryl methyl sites for hydroxylation is 1. The van der Waals surface area contributed by atoms with Crippen LogP contribution in [-0.2, 0) is 20.9 Å². The zero-order chi connectivity index (χ0) is 29.5. The lowest BCUT2D eigenvalue weighted by molar-refractivity contribution is -0.151. The predicted octanol–water partition coefficient (Wildman–Crippen LogP) is 3.94. The lowest BCUT2D eigenvalue weighted by Crippen LogP contribution is -2.65. The van der Waals surface area contributed by atoms with E-state index in [4.69, 9.17) is 4.74 Å². The molecule has 4 rings (SSSR count). The molecule has 0 spiro atoms. The summed E-state index contributed by atoms with van der Waals surface area (Å²) in [4.78, 5) is 43.7. The minimum Gasteiger partial charge on any atom is -0.385 e. The number of halogens is 1. The van der Waals surface area contributed by atoms with Crippen molar-refractivity contribution in [2.75, 3.05) is 26.8 Å². The fraction of sp³-hybridized carbons (Fsp3) is 0.452. The fourth-order valence-electron chi connectivity index (χ4n) is 5.29. The molecule has 1 aliphatic rings. The lowest BCUT2D eigenvalue weighted by atomic mass is 9.97. The molecule has 1 aromatic carbocycles. The summed E-state index contributed by atoms with van der Waals surface area (Å²) >= 11 is 0. The van der Waals surface area contributed by atoms with E-state index in [1.807, 2.05) is 45.0 Å². The second-order valence-corrected chi connectivity index (χ2v) is 10.8. The number of nitrogens with zero attached hydrogens (tertiary/aromatic N) is 5. The van der Waals surface area contributed by atoms with E-state index in [0.717, 1.165) is 11.1 Å². The van der Waals surface area contributed by atoms with Crippen LogP contribution in [0.1, 0.15) is 50.1 Å². The lowest BCUT2D eigenvalue weighted by Gasteiger charge is -2.47. The molecule has 10 heteroatoms. The van der Waals surface area contributed by atoms with Crippen molar-refractivity contribution in [3.05, 3.63) is 77.6 Å². The van der Waals surface area contributed by atoms with Crippen molar-refractivity contribution in [2.45, 2.75) is 58.8 Å². The van der Waals surface area contributed by atoms with Crippen LogP contribution in [0.3, 0.4) is 0 Å². The van der Waals surface area contributed by atoms with Crippen LogP contribution in [-0.4, -0.2) is 75.5 Å². The van der Waals surface area contributed by atoms with Crippen molar-refractivity contribution in [3.8, 4) is 11.4 Å². The molecule has 2 aromatic heterocycles. The first-order valence-corrected chi connectivity index (χ1v) is 14.0. The van der Waals surface area contributed by atoms with E-state index in [1.165, 1.54) is 0 Å². The Morgan fingerprint density at radius 1 is 1.07 bits per heavy atom. The summed E-state index contributed by atoms with van der Waals surface area (Å²) in [5, 5.41) is 3.03. The summed E-state index contributed by atoms with van der Waals surface area (Å²) < 4.78 is 20.6. The third-order valence-corrected chi connectivity index (χ3v) is 7.47. The second kappa shape index (κ2) is 13.7. The number of pyridine rings is 1. The standard InChI is InChI=1S/C31H39FN6O3/c1-20(2)31(40)38-22(4)18-37(25(12-16-41-5)28-27(32)21(3)11-15-33-28)19-26(38)30(39)36-17-23-7-9-24(10-8-23)29-34-13-6-14-35-29/h6-11,13-15,20,22,25-26H,12,16-19H2,1-5H3,(H,36,39)/t22-,25?,26-/m1/s1. The zero-order valence-electron chi connectivity index (χ0n) is 24.4. The van der Waals surface area contributed by atoms with E-state index < -0.39 is 12.1 Å². The van der Waals surface area contributed by atoms with Gasteiger partial charge >= 0.3 is 0 Å². The van der Waals surface area contributed by atoms with Crippen molar-refractivity contribution in [2.24, 2.45) is 5.92 Å². The average molecular weight is 563 g/mol. The Morgan fingerprint density at radius 2 is 1.78 bits per heavy atom. The van der Waals surface area contributed by atoms with Gasteiger partial charge in [0, 0.05) is 69.5 Å². The number of rotatable bonds is 10. The van der Waals surface area contributed by atoms with Crippen LogP contribution in [0, 0.1) is 18.7 Å². The Bertz CT molecular complexity index is 1320. The summed E-state index contributed by atoms with van der Waals surface area (Å²) in [5.41, 5.74) is 2.63. The van der Waals surface area contributed by atoms with E-state index in [1.54, 1.807) is 49.7 Å². The number of benzene rings is 1. The smallest absolute Gasteiger partial charge is 0.244 e. The summed E-state index contributed by atoms with van der Waals surface area (Å²) in [6, 6.07) is 9.67. The molecular weight excluding hydrogens is 523 g/mol. The maximum atomic E-state index is 15.3. The van der Waals surface area contributed by atoms with E-state index in [-0.39, 0.29) is 36.1 Å². The maximum absolute atomic E-state index is 15.3. The first kappa shape index (κ1) is 30.2. The van der Waals surface area contributed by atoms with Crippen LogP contribution >= 0.6 is 0 Å². The van der Waals surface area contributed by atoms with Gasteiger partial charge in [-0.15, -0.1) is 0 Å². The first-order valence-electron chi connectivity index (χ1n) is 14.0. The SMILES string of the molecule is COCCC(c1nccc(C)c1F)N1C[C@@H](C)N(C(=O)C(C)C)[C@@H](C(=O)NCc2ccc(-c3ncccn3)cc2)C1. The highest BCUT2D eigenvalue weighted by Crippen LogP contribution is 2.31. The summed E-state index contributed by atoms with van der Waals surface area (Å²) in [6.45, 7) is 8.75. The van der Waals surface area contributed by atoms with Crippen LogP contribution in [0.25, 0.3) is 11.4 Å². The Balaban J connectivity index is 1.55. The van der Waals surface area contributed by atoms with Crippen molar-refractivity contribution >= 4 is 11.8 Å². The number of hydrogen-bond acceptors (Lipinski definition) is 7. The average Bonchev–Trinajstić information content (AvgIpc) is 2.98. The molecule has 3 heterocycles. The van der Waals surface area contributed by atoms with Gasteiger partial charge in [0.05, 0.1) is 11.7 Å². The summed E-state index contributed by atoms with van der Waals surface area (Å²) in [5.74, 6) is -0.337. The molecule has 1 saturated heterocycles. The van der Waals surface area contributed by atoms with Gasteiger partial charge in [0.2, 0.25) is 11.8 Å². The van der Waals surface area contributed by atoms with E-state index >= 15 is 4.39 Å². The van der Waals surface area contributed by atoms with Gasteiger partial charge in [0.15, 0.2) is 5.82 Å². The van der Waals surface area contributed by atoms with Crippen molar-refractivity contribution < 1.29 is 18.7 Å². The Kier molecular flexibility index (Phi) is 10.1. The maximum Gasteiger partial charge on any atom is 0.244 e. The molecule has 0 bridgehead atoms. The quantitative estimate of drug-likeness (QED) is 0.400. The molecule has 3 atom stereocenters. The van der Waals surface area contributed by atoms with Crippen LogP contribution < -0.4 is 5.32 Å². The van der Waals surface area contributed by atoms with E-state index in [9.17, 15) is 9.59 Å². The Labute approximate surface area is 241 Å². The molecule has 3 aromatic rings. The molecule has 0 radical (unpaired) electrons. The number of carbonyl (C=O) groups excluding carboxylic acids is 2. The number of ether oxygens (including phenoxy) is 1. The molecule has 1 fully saturated rings. The molecule has 0 saturated carbocycles. The zero-order valence-corrected chi connectivity index (χ0v) is 24.4. The molecule has 1 aliphatic heterocycles. The van der Waals surface area contributed by atoms with Gasteiger partial charge in [-0.2, -0.15) is 0 Å². The van der Waals surface area contributed by atoms with Crippen LogP contribution in [0.2, 0.25) is 0 Å². The number of hydrogen-bond donors (Lipinski definition) is 1. The van der Waals surface area contributed by atoms with Gasteiger partial charge < -0.3 is 15.0 Å². The van der Waals surface area contributed by atoms with E-state index in [0.29, 0.717) is 43.2 Å². The number of piperazine rings is 1. The molecule has 1 unspecified atom stereocenters. The van der Waals surface area contributed by atoms with Crippen molar-refractivity contribution in [3.63, 3.8) is 0 Å². The highest BCUT2D eigenvalue weighted by molar-refractivity contribution is 5.89. The Morgan fingerprint density at radius 3 is 2.44 bits per heavy atom. The van der Waals surface area contributed by atoms with Gasteiger partial charge in [-0.3, -0.25) is 19.5 Å². The van der Waals surface area contributed by atoms with E-state index in [2.05, 4.69) is 25.2 Å². The highest BCUT2D eigenvalue weighted by Gasteiger charge is 2.42. The molecule has 218 valence electrons. The van der Waals surface area contributed by atoms with Crippen molar-refractivity contribution in [1.29, 1.82) is 0 Å². The summed E-state index contributed by atoms with van der Waals surface area (Å²) in [6.07, 6.45) is 5.49. The fourth-order valence-corrected chi connectivity index (χ4v) is 5.29. The van der Waals surface area contributed by atoms with Gasteiger partial charge in [0.1, 0.15) is 11.9 Å². The van der Waals surface area contributed by atoms with Crippen LogP contribution in [0.15, 0.2) is 55.0 Å².